The summed E-state index contributed by atoms with van der Waals surface area (Å²) in [5.41, 5.74) is 4.07. The minimum atomic E-state index is -0.867. The van der Waals surface area contributed by atoms with Crippen LogP contribution in [0.5, 0.6) is 5.75 Å². The Morgan fingerprint density at radius 1 is 0.974 bits per heavy atom. The highest BCUT2D eigenvalue weighted by Crippen LogP contribution is 2.41. The number of nitrogens with zero attached hydrogens (tertiary/aromatic N) is 2. The molecule has 4 aliphatic rings. The van der Waals surface area contributed by atoms with Gasteiger partial charge >= 0.3 is 0 Å². The summed E-state index contributed by atoms with van der Waals surface area (Å²) in [6.45, 7) is 2.87. The maximum absolute atomic E-state index is 13.1. The van der Waals surface area contributed by atoms with E-state index in [1.807, 2.05) is 35.2 Å². The molecule has 0 aromatic heterocycles. The van der Waals surface area contributed by atoms with Gasteiger partial charge < -0.3 is 24.7 Å². The number of anilines is 1. The van der Waals surface area contributed by atoms with Crippen LogP contribution in [-0.2, 0) is 17.8 Å². The number of carbonyl (C=O) groups is 1. The molecule has 0 spiro atoms. The molecule has 3 heterocycles. The van der Waals surface area contributed by atoms with E-state index in [1.165, 1.54) is 5.56 Å². The molecular weight excluding hydrogens is 512 g/mol. The molecule has 0 unspecified atom stereocenters. The molecule has 1 amide bonds. The standard InChI is InChI=1S/C32H39ClN2O4/c33-25-10-7-24-20-39-31-12-9-22-17-28(31)34(14-2-1-4-21(24)16-25)19-23-8-11-27(23)29(36)6-3-5-26-13-15-35(26)32(38)18-30(22)37/h3,6-7,9-10,12,16-17,23,26-27,29-30,36-37H,1-2,4-5,8,11,13-15,18-20H2/b6-3+/t23-,26-,27+,29-,30-/m0/s1. The number of hydrogen-bond donors (Lipinski definition) is 2. The van der Waals surface area contributed by atoms with Gasteiger partial charge in [-0.25, -0.2) is 0 Å². The molecule has 6 nitrogen and oxygen atoms in total. The number of halogens is 1. The first kappa shape index (κ1) is 26.7. The lowest BCUT2D eigenvalue weighted by Gasteiger charge is -2.43. The Kier molecular flexibility index (Phi) is 7.88. The van der Waals surface area contributed by atoms with Gasteiger partial charge in [-0.05, 0) is 97.7 Å². The van der Waals surface area contributed by atoms with Gasteiger partial charge in [0.05, 0.1) is 24.3 Å². The third-order valence-corrected chi connectivity index (χ3v) is 9.56. The molecule has 7 heteroatoms. The van der Waals surface area contributed by atoms with Gasteiger partial charge in [0.15, 0.2) is 0 Å². The smallest absolute Gasteiger partial charge is 0.225 e. The predicted octanol–water partition coefficient (Wildman–Crippen LogP) is 5.43. The van der Waals surface area contributed by atoms with Gasteiger partial charge in [-0.15, -0.1) is 0 Å². The number of amides is 1. The third kappa shape index (κ3) is 5.70. The topological polar surface area (TPSA) is 73.2 Å². The van der Waals surface area contributed by atoms with Crippen LogP contribution in [0, 0.1) is 11.8 Å². The fourth-order valence-electron chi connectivity index (χ4n) is 6.65. The first-order valence-corrected chi connectivity index (χ1v) is 15.0. The molecule has 2 bridgehead atoms. The molecule has 2 fully saturated rings. The van der Waals surface area contributed by atoms with Crippen molar-refractivity contribution in [2.75, 3.05) is 24.5 Å². The molecule has 208 valence electrons. The summed E-state index contributed by atoms with van der Waals surface area (Å²) in [4.78, 5) is 17.3. The number of rotatable bonds is 0. The Bertz CT molecular complexity index is 1230. The van der Waals surface area contributed by atoms with Crippen LogP contribution in [0.15, 0.2) is 48.6 Å². The van der Waals surface area contributed by atoms with Crippen LogP contribution >= 0.6 is 11.6 Å². The summed E-state index contributed by atoms with van der Waals surface area (Å²) in [6.07, 6.45) is 9.57. The van der Waals surface area contributed by atoms with Crippen molar-refractivity contribution in [1.29, 1.82) is 0 Å². The second-order valence-electron chi connectivity index (χ2n) is 11.7. The monoisotopic (exact) mass is 550 g/mol. The van der Waals surface area contributed by atoms with Crippen LogP contribution in [-0.4, -0.2) is 52.8 Å². The van der Waals surface area contributed by atoms with Crippen molar-refractivity contribution in [1.82, 2.24) is 4.90 Å². The summed E-state index contributed by atoms with van der Waals surface area (Å²) in [5, 5.41) is 22.9. The van der Waals surface area contributed by atoms with Gasteiger partial charge in [-0.3, -0.25) is 4.79 Å². The fraction of sp³-hybridized carbons (Fsp3) is 0.531. The summed E-state index contributed by atoms with van der Waals surface area (Å²) >= 11 is 6.31. The van der Waals surface area contributed by atoms with Crippen molar-refractivity contribution in [3.8, 4) is 5.75 Å². The molecule has 1 saturated heterocycles. The second-order valence-corrected chi connectivity index (χ2v) is 12.2. The van der Waals surface area contributed by atoms with Gasteiger partial charge in [0.2, 0.25) is 5.91 Å². The van der Waals surface area contributed by atoms with Gasteiger partial charge in [-0.2, -0.15) is 0 Å². The van der Waals surface area contributed by atoms with E-state index in [1.54, 1.807) is 0 Å². The van der Waals surface area contributed by atoms with Gasteiger partial charge in [-0.1, -0.05) is 35.9 Å². The maximum atomic E-state index is 13.1. The predicted molar refractivity (Wildman–Crippen MR) is 153 cm³/mol. The Hall–Kier alpha value is -2.54. The van der Waals surface area contributed by atoms with E-state index in [-0.39, 0.29) is 24.3 Å². The van der Waals surface area contributed by atoms with Crippen molar-refractivity contribution in [2.45, 2.75) is 76.2 Å². The first-order chi connectivity index (χ1) is 19.0. The first-order valence-electron chi connectivity index (χ1n) is 14.6. The highest BCUT2D eigenvalue weighted by Gasteiger charge is 2.37. The molecule has 2 aromatic rings. The molecule has 6 rings (SSSR count). The van der Waals surface area contributed by atoms with Crippen molar-refractivity contribution in [3.05, 3.63) is 70.3 Å². The van der Waals surface area contributed by atoms with E-state index in [0.29, 0.717) is 12.5 Å². The molecule has 0 radical (unpaired) electrons. The third-order valence-electron chi connectivity index (χ3n) is 9.33. The summed E-state index contributed by atoms with van der Waals surface area (Å²) in [7, 11) is 0. The van der Waals surface area contributed by atoms with Gasteiger partial charge in [0, 0.05) is 30.7 Å². The average Bonchev–Trinajstić information content (AvgIpc) is 2.91. The van der Waals surface area contributed by atoms with E-state index in [2.05, 4.69) is 23.1 Å². The largest absolute Gasteiger partial charge is 0.487 e. The summed E-state index contributed by atoms with van der Waals surface area (Å²) in [5.74, 6) is 1.39. The summed E-state index contributed by atoms with van der Waals surface area (Å²) in [6, 6.07) is 12.1. The molecule has 2 aromatic carbocycles. The number of aliphatic hydroxyl groups is 2. The number of benzene rings is 2. The van der Waals surface area contributed by atoms with E-state index < -0.39 is 12.2 Å². The van der Waals surface area contributed by atoms with Crippen LogP contribution in [0.2, 0.25) is 5.02 Å². The number of aryl methyl sites for hydroxylation is 1. The van der Waals surface area contributed by atoms with Crippen LogP contribution in [0.25, 0.3) is 0 Å². The van der Waals surface area contributed by atoms with E-state index in [4.69, 9.17) is 16.3 Å². The minimum Gasteiger partial charge on any atom is -0.487 e. The van der Waals surface area contributed by atoms with Crippen molar-refractivity contribution in [2.24, 2.45) is 11.8 Å². The lowest BCUT2D eigenvalue weighted by Crippen LogP contribution is -2.51. The zero-order chi connectivity index (χ0) is 26.9. The second kappa shape index (κ2) is 11.5. The number of aliphatic hydroxyl groups excluding tert-OH is 2. The Morgan fingerprint density at radius 3 is 2.67 bits per heavy atom. The van der Waals surface area contributed by atoms with Crippen molar-refractivity contribution < 1.29 is 19.7 Å². The van der Waals surface area contributed by atoms with Gasteiger partial charge in [0.25, 0.3) is 0 Å². The van der Waals surface area contributed by atoms with Crippen LogP contribution in [0.1, 0.15) is 67.7 Å². The zero-order valence-electron chi connectivity index (χ0n) is 22.5. The van der Waals surface area contributed by atoms with Crippen LogP contribution < -0.4 is 9.64 Å². The van der Waals surface area contributed by atoms with E-state index in [9.17, 15) is 15.0 Å². The minimum absolute atomic E-state index is 0.0151. The highest BCUT2D eigenvalue weighted by atomic mass is 35.5. The van der Waals surface area contributed by atoms with Crippen molar-refractivity contribution in [3.63, 3.8) is 0 Å². The van der Waals surface area contributed by atoms with Crippen molar-refractivity contribution >= 4 is 23.2 Å². The fourth-order valence-corrected chi connectivity index (χ4v) is 6.84. The molecule has 3 aliphatic heterocycles. The molecular formula is C32H39ClN2O4. The quantitative estimate of drug-likeness (QED) is 0.428. The van der Waals surface area contributed by atoms with Crippen LogP contribution in [0.4, 0.5) is 5.69 Å². The van der Waals surface area contributed by atoms with Gasteiger partial charge in [0.1, 0.15) is 12.4 Å². The lowest BCUT2D eigenvalue weighted by molar-refractivity contribution is -0.140. The number of ether oxygens (including phenoxy) is 1. The summed E-state index contributed by atoms with van der Waals surface area (Å²) < 4.78 is 6.45. The highest BCUT2D eigenvalue weighted by molar-refractivity contribution is 6.30. The molecule has 5 atom stereocenters. The molecule has 39 heavy (non-hydrogen) atoms. The van der Waals surface area contributed by atoms with E-state index >= 15 is 0 Å². The Labute approximate surface area is 236 Å². The SMILES string of the molecule is O=C1C[C@H](O)c2ccc3c(c2)N(CCCCc2cc(Cl)ccc2CO3)C[C@@H]2CC[C@H]2[C@@H](O)/C=C/C[C@H]2CCN12. The Balaban J connectivity index is 1.35. The van der Waals surface area contributed by atoms with Crippen LogP contribution in [0.3, 0.4) is 0 Å². The lowest BCUT2D eigenvalue weighted by atomic mass is 9.70. The van der Waals surface area contributed by atoms with E-state index in [0.717, 1.165) is 92.2 Å². The number of hydrogen-bond acceptors (Lipinski definition) is 5. The molecule has 2 N–H and O–H groups in total. The molecule has 1 saturated carbocycles. The zero-order valence-corrected chi connectivity index (χ0v) is 23.2. The normalized spacial score (nSPS) is 30.3. The number of carbonyl (C=O) groups excluding carboxylic acids is 1. The number of fused-ring (bicyclic) bond motifs is 4. The Morgan fingerprint density at radius 2 is 1.87 bits per heavy atom. The average molecular weight is 551 g/mol. The maximum Gasteiger partial charge on any atom is 0.225 e. The molecule has 1 aliphatic carbocycles.